The molecule has 35 heavy (non-hydrogen) atoms. The van der Waals surface area contributed by atoms with Crippen LogP contribution >= 0.6 is 0 Å². The maximum atomic E-state index is 13.2. The van der Waals surface area contributed by atoms with Crippen molar-refractivity contribution >= 4 is 53.8 Å². The zero-order valence-corrected chi connectivity index (χ0v) is 20.8. The lowest BCUT2D eigenvalue weighted by Crippen LogP contribution is -2.32. The van der Waals surface area contributed by atoms with Crippen LogP contribution in [0.1, 0.15) is 26.7 Å². The molecule has 0 aliphatic heterocycles. The molecule has 3 aromatic carbocycles. The number of anilines is 3. The fourth-order valence-electron chi connectivity index (χ4n) is 3.41. The number of halogens is 1. The second-order valence-corrected chi connectivity index (χ2v) is 12.8. The molecule has 0 bridgehead atoms. The van der Waals surface area contributed by atoms with Crippen molar-refractivity contribution in [3.63, 3.8) is 0 Å². The highest BCUT2D eigenvalue weighted by molar-refractivity contribution is 7.93. The van der Waals surface area contributed by atoms with Crippen LogP contribution < -0.4 is 14.8 Å². The van der Waals surface area contributed by atoms with Crippen LogP contribution in [-0.4, -0.2) is 34.7 Å². The number of nitrogens with one attached hydrogen (secondary N) is 3. The van der Waals surface area contributed by atoms with Gasteiger partial charge < -0.3 is 5.32 Å². The van der Waals surface area contributed by atoms with E-state index in [2.05, 4.69) is 14.8 Å². The number of hydrogen-bond donors (Lipinski definition) is 3. The van der Waals surface area contributed by atoms with Crippen LogP contribution in [-0.2, 0) is 24.8 Å². The number of carbonyl (C=O) groups is 1. The molecule has 1 amide bonds. The molecule has 0 spiro atoms. The van der Waals surface area contributed by atoms with E-state index >= 15 is 0 Å². The van der Waals surface area contributed by atoms with Gasteiger partial charge in [-0.15, -0.1) is 0 Å². The van der Waals surface area contributed by atoms with E-state index in [9.17, 15) is 26.0 Å². The zero-order chi connectivity index (χ0) is 25.4. The summed E-state index contributed by atoms with van der Waals surface area (Å²) in [6, 6.07) is 15.5. The number of alkyl halides is 1. The van der Waals surface area contributed by atoms with Crippen LogP contribution in [0.5, 0.6) is 0 Å². The van der Waals surface area contributed by atoms with Gasteiger partial charge in [0.2, 0.25) is 15.9 Å². The monoisotopic (exact) mass is 519 g/mol. The van der Waals surface area contributed by atoms with E-state index in [0.717, 1.165) is 0 Å². The lowest BCUT2D eigenvalue weighted by molar-refractivity contribution is -0.124. The smallest absolute Gasteiger partial charge is 0.262 e. The molecule has 3 aromatic rings. The Morgan fingerprint density at radius 2 is 1.49 bits per heavy atom. The van der Waals surface area contributed by atoms with E-state index in [-0.39, 0.29) is 10.6 Å². The van der Waals surface area contributed by atoms with Gasteiger partial charge in [0.05, 0.1) is 21.2 Å². The third kappa shape index (κ3) is 5.40. The molecule has 1 aliphatic rings. The summed E-state index contributed by atoms with van der Waals surface area (Å²) in [7, 11) is -7.55. The summed E-state index contributed by atoms with van der Waals surface area (Å²) in [4.78, 5) is 12.1. The van der Waals surface area contributed by atoms with Crippen molar-refractivity contribution in [3.05, 3.63) is 60.7 Å². The van der Waals surface area contributed by atoms with Crippen molar-refractivity contribution in [2.75, 3.05) is 21.4 Å². The molecular formula is C24H26FN3O5S2. The van der Waals surface area contributed by atoms with Gasteiger partial charge in [0.1, 0.15) is 6.67 Å². The minimum atomic E-state index is -4.03. The Balaban J connectivity index is 1.58. The van der Waals surface area contributed by atoms with E-state index in [1.165, 1.54) is 44.2 Å². The van der Waals surface area contributed by atoms with Crippen molar-refractivity contribution in [2.24, 2.45) is 5.41 Å². The third-order valence-corrected chi connectivity index (χ3v) is 9.02. The van der Waals surface area contributed by atoms with Crippen molar-refractivity contribution in [1.82, 2.24) is 0 Å². The second kappa shape index (κ2) is 9.12. The van der Waals surface area contributed by atoms with Gasteiger partial charge in [0, 0.05) is 22.1 Å². The maximum Gasteiger partial charge on any atom is 0.262 e. The largest absolute Gasteiger partial charge is 0.326 e. The van der Waals surface area contributed by atoms with Crippen LogP contribution in [0.15, 0.2) is 65.6 Å². The Labute approximate surface area is 204 Å². The summed E-state index contributed by atoms with van der Waals surface area (Å²) in [5.41, 5.74) is -0.198. The van der Waals surface area contributed by atoms with Gasteiger partial charge in [0.15, 0.2) is 0 Å². The second-order valence-electron chi connectivity index (χ2n) is 9.16. The summed E-state index contributed by atoms with van der Waals surface area (Å²) in [6.07, 6.45) is 1.22. The maximum absolute atomic E-state index is 13.2. The highest BCUT2D eigenvalue weighted by atomic mass is 32.2. The number of sulfonamides is 2. The fourth-order valence-corrected chi connectivity index (χ4v) is 6.10. The van der Waals surface area contributed by atoms with Crippen LogP contribution in [0.2, 0.25) is 0 Å². The molecule has 0 atom stereocenters. The number of carbonyl (C=O) groups excluding carboxylic acids is 1. The first kappa shape index (κ1) is 24.9. The van der Waals surface area contributed by atoms with Gasteiger partial charge >= 0.3 is 0 Å². The van der Waals surface area contributed by atoms with E-state index in [0.29, 0.717) is 35.0 Å². The van der Waals surface area contributed by atoms with Gasteiger partial charge in [-0.1, -0.05) is 24.3 Å². The quantitative estimate of drug-likeness (QED) is 0.385. The Morgan fingerprint density at radius 3 is 2.11 bits per heavy atom. The first-order valence-corrected chi connectivity index (χ1v) is 14.0. The Bertz CT molecular complexity index is 1480. The highest BCUT2D eigenvalue weighted by Gasteiger charge is 2.36. The number of fused-ring (bicyclic) bond motifs is 1. The minimum absolute atomic E-state index is 0.00968. The summed E-state index contributed by atoms with van der Waals surface area (Å²) >= 11 is 0. The number of rotatable bonds is 9. The third-order valence-electron chi connectivity index (χ3n) is 5.73. The molecule has 0 saturated heterocycles. The lowest BCUT2D eigenvalue weighted by Gasteiger charge is -2.19. The van der Waals surface area contributed by atoms with Crippen molar-refractivity contribution in [2.45, 2.75) is 36.8 Å². The van der Waals surface area contributed by atoms with E-state index in [1.54, 1.807) is 30.3 Å². The molecule has 186 valence electrons. The van der Waals surface area contributed by atoms with Crippen LogP contribution in [0.25, 0.3) is 10.8 Å². The van der Waals surface area contributed by atoms with Crippen LogP contribution in [0.4, 0.5) is 21.5 Å². The van der Waals surface area contributed by atoms with Gasteiger partial charge in [-0.25, -0.2) is 21.2 Å². The number of benzene rings is 3. The molecule has 1 fully saturated rings. The Kier molecular flexibility index (Phi) is 6.50. The standard InChI is InChI=1S/C24H26FN3O5S2/c1-24(2,15-25)23(29)26-16-9-11-17(12-10-16)27-35(32,33)22-8-4-5-19-20(22)6-3-7-21(19)28-34(30,31)18-13-14-18/h3-12,18,27-28H,13-15H2,1-2H3,(H,26,29). The van der Waals surface area contributed by atoms with E-state index < -0.39 is 43.3 Å². The van der Waals surface area contributed by atoms with Crippen molar-refractivity contribution in [3.8, 4) is 0 Å². The highest BCUT2D eigenvalue weighted by Crippen LogP contribution is 2.34. The molecule has 3 N–H and O–H groups in total. The minimum Gasteiger partial charge on any atom is -0.326 e. The summed E-state index contributed by atoms with van der Waals surface area (Å²) in [5, 5.41) is 3.02. The van der Waals surface area contributed by atoms with Crippen LogP contribution in [0.3, 0.4) is 0 Å². The Hall–Kier alpha value is -3.18. The van der Waals surface area contributed by atoms with E-state index in [4.69, 9.17) is 0 Å². The number of amides is 1. The lowest BCUT2D eigenvalue weighted by atomic mass is 9.94. The normalized spacial score (nSPS) is 14.5. The summed E-state index contributed by atoms with van der Waals surface area (Å²) < 4.78 is 69.3. The van der Waals surface area contributed by atoms with Gasteiger partial charge in [-0.3, -0.25) is 14.2 Å². The van der Waals surface area contributed by atoms with Gasteiger partial charge in [-0.05, 0) is 63.1 Å². The SMILES string of the molecule is CC(C)(CF)C(=O)Nc1ccc(NS(=O)(=O)c2cccc3c(NS(=O)(=O)C4CC4)cccc23)cc1. The van der Waals surface area contributed by atoms with Gasteiger partial charge in [0.25, 0.3) is 10.0 Å². The molecule has 8 nitrogen and oxygen atoms in total. The van der Waals surface area contributed by atoms with Crippen molar-refractivity contribution in [1.29, 1.82) is 0 Å². The molecule has 1 aliphatic carbocycles. The first-order chi connectivity index (χ1) is 16.4. The fraction of sp³-hybridized carbons (Fsp3) is 0.292. The molecule has 4 rings (SSSR count). The topological polar surface area (TPSA) is 121 Å². The molecule has 11 heteroatoms. The van der Waals surface area contributed by atoms with Crippen LogP contribution in [0, 0.1) is 5.41 Å². The summed E-state index contributed by atoms with van der Waals surface area (Å²) in [6.45, 7) is 2.15. The van der Waals surface area contributed by atoms with Gasteiger partial charge in [-0.2, -0.15) is 0 Å². The molecule has 0 unspecified atom stereocenters. The molecule has 1 saturated carbocycles. The molecular weight excluding hydrogens is 493 g/mol. The number of hydrogen-bond acceptors (Lipinski definition) is 5. The summed E-state index contributed by atoms with van der Waals surface area (Å²) in [5.74, 6) is -0.489. The average molecular weight is 520 g/mol. The molecule has 0 aromatic heterocycles. The predicted octanol–water partition coefficient (Wildman–Crippen LogP) is 4.48. The molecule has 0 radical (unpaired) electrons. The zero-order valence-electron chi connectivity index (χ0n) is 19.2. The van der Waals surface area contributed by atoms with E-state index in [1.807, 2.05) is 0 Å². The predicted molar refractivity (Wildman–Crippen MR) is 135 cm³/mol. The first-order valence-electron chi connectivity index (χ1n) is 11.0. The Morgan fingerprint density at radius 1 is 0.886 bits per heavy atom. The molecule has 0 heterocycles. The average Bonchev–Trinajstić information content (AvgIpc) is 3.66. The van der Waals surface area contributed by atoms with Crippen molar-refractivity contribution < 1.29 is 26.0 Å².